The summed E-state index contributed by atoms with van der Waals surface area (Å²) >= 11 is 6.58. The fraction of sp³-hybridized carbons (Fsp3) is 0.500. The second-order valence-electron chi connectivity index (χ2n) is 11.2. The first kappa shape index (κ1) is 29.8. The van der Waals surface area contributed by atoms with Gasteiger partial charge in [-0.1, -0.05) is 35.9 Å². The molecule has 0 radical (unpaired) electrons. The van der Waals surface area contributed by atoms with Gasteiger partial charge in [-0.05, 0) is 62.9 Å². The number of allylic oxidation sites excluding steroid dienone is 1. The van der Waals surface area contributed by atoms with Crippen molar-refractivity contribution < 1.29 is 19.1 Å². The highest BCUT2D eigenvalue weighted by molar-refractivity contribution is 6.30. The first-order valence-electron chi connectivity index (χ1n) is 13.6. The van der Waals surface area contributed by atoms with Crippen LogP contribution in [0.1, 0.15) is 63.0 Å². The lowest BCUT2D eigenvalue weighted by atomic mass is 9.90. The molecule has 2 aromatic rings. The van der Waals surface area contributed by atoms with E-state index in [0.717, 1.165) is 28.0 Å². The quantitative estimate of drug-likeness (QED) is 0.510. The van der Waals surface area contributed by atoms with Gasteiger partial charge in [-0.2, -0.15) is 0 Å². The molecule has 1 N–H and O–H groups in total. The number of rotatable bonds is 7. The van der Waals surface area contributed by atoms with Gasteiger partial charge in [0.15, 0.2) is 0 Å². The maximum Gasteiger partial charge on any atom is 0.410 e. The van der Waals surface area contributed by atoms with Crippen molar-refractivity contribution in [3.63, 3.8) is 0 Å². The molecule has 1 aliphatic carbocycles. The van der Waals surface area contributed by atoms with Gasteiger partial charge in [0.25, 0.3) is 5.91 Å². The molecule has 1 saturated heterocycles. The fourth-order valence-electron chi connectivity index (χ4n) is 5.20. The van der Waals surface area contributed by atoms with Crippen LogP contribution in [0.2, 0.25) is 5.02 Å². The molecule has 0 unspecified atom stereocenters. The zero-order valence-corrected chi connectivity index (χ0v) is 25.0. The van der Waals surface area contributed by atoms with E-state index in [1.54, 1.807) is 31.3 Å². The molecule has 40 heavy (non-hydrogen) atoms. The van der Waals surface area contributed by atoms with E-state index in [4.69, 9.17) is 21.1 Å². The molecule has 0 spiro atoms. The monoisotopic (exact) mass is 569 g/mol. The third-order valence-electron chi connectivity index (χ3n) is 7.64. The number of hydrogen-bond acceptors (Lipinski definition) is 6. The highest BCUT2D eigenvalue weighted by Crippen LogP contribution is 2.43. The number of aryl methyl sites for hydroxylation is 1. The van der Waals surface area contributed by atoms with Gasteiger partial charge >= 0.3 is 6.09 Å². The van der Waals surface area contributed by atoms with E-state index in [1.807, 2.05) is 37.6 Å². The van der Waals surface area contributed by atoms with E-state index in [-0.39, 0.29) is 24.1 Å². The molecule has 1 fully saturated rings. The number of imidazole rings is 1. The lowest BCUT2D eigenvalue weighted by Crippen LogP contribution is -2.50. The van der Waals surface area contributed by atoms with Crippen molar-refractivity contribution in [2.45, 2.75) is 57.9 Å². The summed E-state index contributed by atoms with van der Waals surface area (Å²) in [5.74, 6) is -0.249. The number of methoxy groups -OCH3 is 1. The summed E-state index contributed by atoms with van der Waals surface area (Å²) < 4.78 is 12.8. The third-order valence-corrected chi connectivity index (χ3v) is 7.88. The van der Waals surface area contributed by atoms with Crippen LogP contribution in [0.5, 0.6) is 0 Å². The molecular formula is C30H40ClN5O4. The van der Waals surface area contributed by atoms with Crippen molar-refractivity contribution in [3.05, 3.63) is 70.8 Å². The first-order valence-corrected chi connectivity index (χ1v) is 14.0. The Kier molecular flexibility index (Phi) is 9.07. The van der Waals surface area contributed by atoms with Gasteiger partial charge in [0.05, 0.1) is 30.4 Å². The molecule has 216 valence electrons. The number of carbonyl (C=O) groups excluding carboxylic acids is 2. The van der Waals surface area contributed by atoms with Crippen LogP contribution >= 0.6 is 11.6 Å². The van der Waals surface area contributed by atoms with Gasteiger partial charge in [0.1, 0.15) is 5.60 Å². The van der Waals surface area contributed by atoms with Crippen LogP contribution in [0.25, 0.3) is 5.57 Å². The van der Waals surface area contributed by atoms with Gasteiger partial charge in [-0.15, -0.1) is 0 Å². The Balaban J connectivity index is 1.71. The van der Waals surface area contributed by atoms with Gasteiger partial charge in [-0.3, -0.25) is 9.69 Å². The third kappa shape index (κ3) is 6.43. The summed E-state index contributed by atoms with van der Waals surface area (Å²) in [6.07, 6.45) is 5.81. The van der Waals surface area contributed by atoms with Crippen LogP contribution in [-0.2, 0) is 21.3 Å². The number of fused-ring (bicyclic) bond motifs is 1. The predicted octanol–water partition coefficient (Wildman–Crippen LogP) is 4.90. The summed E-state index contributed by atoms with van der Waals surface area (Å²) in [5.41, 5.74) is 3.64. The molecule has 2 atom stereocenters. The van der Waals surface area contributed by atoms with Crippen LogP contribution in [-0.4, -0.2) is 76.3 Å². The molecular weight excluding hydrogens is 530 g/mol. The average Bonchev–Trinajstić information content (AvgIpc) is 3.28. The smallest absolute Gasteiger partial charge is 0.410 e. The molecule has 1 aliphatic heterocycles. The minimum Gasteiger partial charge on any atom is -0.447 e. The molecule has 2 aliphatic rings. The second-order valence-corrected chi connectivity index (χ2v) is 11.7. The summed E-state index contributed by atoms with van der Waals surface area (Å²) in [7, 11) is 3.42. The summed E-state index contributed by atoms with van der Waals surface area (Å²) in [5, 5.41) is 3.81. The SMILES string of the molecule is C=C1C=C([C@@H](NC(=O)C(C)(C)OC)c2cncn2C)c2cc(Cl)ccc2[C@H](N2CCN(C(=O)OC(C)C)CC2)C1. The second kappa shape index (κ2) is 12.2. The van der Waals surface area contributed by atoms with Gasteiger partial charge in [0.2, 0.25) is 0 Å². The Bertz CT molecular complexity index is 1290. The number of aromatic nitrogens is 2. The summed E-state index contributed by atoms with van der Waals surface area (Å²) in [6, 6.07) is 5.43. The van der Waals surface area contributed by atoms with Crippen LogP contribution < -0.4 is 5.32 Å². The van der Waals surface area contributed by atoms with Crippen LogP contribution in [0.3, 0.4) is 0 Å². The lowest BCUT2D eigenvalue weighted by molar-refractivity contribution is -0.140. The summed E-state index contributed by atoms with van der Waals surface area (Å²) in [6.45, 7) is 14.2. The number of ether oxygens (including phenoxy) is 2. The molecule has 2 amide bonds. The summed E-state index contributed by atoms with van der Waals surface area (Å²) in [4.78, 5) is 34.3. The molecule has 1 aromatic carbocycles. The molecule has 0 bridgehead atoms. The van der Waals surface area contributed by atoms with Crippen molar-refractivity contribution in [1.82, 2.24) is 24.7 Å². The molecule has 4 rings (SSSR count). The Labute approximate surface area is 241 Å². The van der Waals surface area contributed by atoms with E-state index in [9.17, 15) is 9.59 Å². The van der Waals surface area contributed by atoms with Crippen LogP contribution in [0.15, 0.2) is 49.0 Å². The molecule has 1 aromatic heterocycles. The number of benzene rings is 1. The number of carbonyl (C=O) groups is 2. The number of halogens is 1. The Morgan fingerprint density at radius 1 is 1.20 bits per heavy atom. The average molecular weight is 570 g/mol. The predicted molar refractivity (Wildman–Crippen MR) is 156 cm³/mol. The zero-order valence-electron chi connectivity index (χ0n) is 24.2. The highest BCUT2D eigenvalue weighted by atomic mass is 35.5. The van der Waals surface area contributed by atoms with E-state index in [0.29, 0.717) is 37.6 Å². The normalized spacial score (nSPS) is 19.1. The standard InChI is InChI=1S/C30H40ClN5O4/c1-19(2)40-29(38)36-12-10-35(11-13-36)25-15-20(3)14-24(23-16-21(31)8-9-22(23)25)27(26-17-32-18-34(26)6)33-28(37)30(4,5)39-7/h8-9,14,16-19,25,27H,3,10-13,15H2,1-2,4-7H3,(H,33,37)/t25-,27-/m1/s1. The van der Waals surface area contributed by atoms with Crippen LogP contribution in [0, 0.1) is 0 Å². The highest BCUT2D eigenvalue weighted by Gasteiger charge is 2.36. The van der Waals surface area contributed by atoms with E-state index in [1.165, 1.54) is 7.11 Å². The molecule has 2 heterocycles. The Morgan fingerprint density at radius 3 is 2.50 bits per heavy atom. The Morgan fingerprint density at radius 2 is 1.90 bits per heavy atom. The van der Waals surface area contributed by atoms with Crippen LogP contribution in [0.4, 0.5) is 4.79 Å². The van der Waals surface area contributed by atoms with Gasteiger partial charge in [0, 0.05) is 51.4 Å². The minimum absolute atomic E-state index is 0.0232. The number of amides is 2. The first-order chi connectivity index (χ1) is 18.9. The maximum atomic E-state index is 13.4. The van der Waals surface area contributed by atoms with Crippen molar-refractivity contribution in [2.75, 3.05) is 33.3 Å². The topological polar surface area (TPSA) is 88.9 Å². The van der Waals surface area contributed by atoms with E-state index >= 15 is 0 Å². The Hall–Kier alpha value is -3.14. The number of nitrogens with zero attached hydrogens (tertiary/aromatic N) is 4. The molecule has 0 saturated carbocycles. The maximum absolute atomic E-state index is 13.4. The molecule has 9 nitrogen and oxygen atoms in total. The van der Waals surface area contributed by atoms with Crippen molar-refractivity contribution in [3.8, 4) is 0 Å². The van der Waals surface area contributed by atoms with Crippen molar-refractivity contribution in [1.29, 1.82) is 0 Å². The lowest BCUT2D eigenvalue weighted by Gasteiger charge is -2.39. The van der Waals surface area contributed by atoms with Crippen molar-refractivity contribution >= 4 is 29.2 Å². The minimum atomic E-state index is -1.03. The van der Waals surface area contributed by atoms with Gasteiger partial charge < -0.3 is 24.3 Å². The number of nitrogens with one attached hydrogen (secondary N) is 1. The number of piperazine rings is 1. The fourth-order valence-corrected chi connectivity index (χ4v) is 5.37. The van der Waals surface area contributed by atoms with E-state index < -0.39 is 11.6 Å². The van der Waals surface area contributed by atoms with E-state index in [2.05, 4.69) is 33.9 Å². The van der Waals surface area contributed by atoms with Gasteiger partial charge in [-0.25, -0.2) is 9.78 Å². The zero-order chi connectivity index (χ0) is 29.2. The molecule has 10 heteroatoms. The number of hydrogen-bond donors (Lipinski definition) is 1. The van der Waals surface area contributed by atoms with Crippen molar-refractivity contribution in [2.24, 2.45) is 7.05 Å². The largest absolute Gasteiger partial charge is 0.447 e.